The van der Waals surface area contributed by atoms with Gasteiger partial charge in [-0.1, -0.05) is 19.9 Å². The second-order valence-corrected chi connectivity index (χ2v) is 8.09. The van der Waals surface area contributed by atoms with E-state index in [1.165, 1.54) is 18.7 Å². The molecule has 0 aliphatic heterocycles. The number of hydrogen-bond acceptors (Lipinski definition) is 8. The minimum absolute atomic E-state index is 0.00694. The Bertz CT molecular complexity index is 1280. The molecule has 13 heteroatoms. The molecule has 0 aromatic carbocycles. The summed E-state index contributed by atoms with van der Waals surface area (Å²) in [6, 6.07) is 5.24. The van der Waals surface area contributed by atoms with E-state index in [1.807, 2.05) is 13.8 Å². The Hall–Kier alpha value is -4.94. The molecule has 0 saturated heterocycles. The molecular formula is C26H36N8O5. The molecule has 0 radical (unpaired) electrons. The number of aromatic nitrogens is 7. The summed E-state index contributed by atoms with van der Waals surface area (Å²) in [5, 5.41) is 8.33. The second-order valence-electron chi connectivity index (χ2n) is 8.09. The highest BCUT2D eigenvalue weighted by atomic mass is 16.2. The summed E-state index contributed by atoms with van der Waals surface area (Å²) in [6.45, 7) is 10.6. The van der Waals surface area contributed by atoms with Gasteiger partial charge in [0.05, 0.1) is 6.33 Å². The largest absolute Gasteiger partial charge is 0.359 e. The van der Waals surface area contributed by atoms with E-state index in [-0.39, 0.29) is 34.1 Å². The van der Waals surface area contributed by atoms with E-state index in [9.17, 15) is 24.0 Å². The van der Waals surface area contributed by atoms with Gasteiger partial charge in [0.25, 0.3) is 22.2 Å². The van der Waals surface area contributed by atoms with Crippen molar-refractivity contribution in [2.24, 2.45) is 5.92 Å². The van der Waals surface area contributed by atoms with Crippen LogP contribution in [0.15, 0.2) is 74.7 Å². The SMILES string of the molecule is CNC(=O)C(C)C.Cc1ccc[nH]c1=O.Cc1ccn[nH]c1=O.Cc1cnc[nH]c1=O.Cc1ncc[nH]c1=O. The number of hydrogen-bond donors (Lipinski definition) is 5. The maximum absolute atomic E-state index is 10.6. The Kier molecular flexibility index (Phi) is 16.8. The van der Waals surface area contributed by atoms with Gasteiger partial charge in [0.15, 0.2) is 0 Å². The van der Waals surface area contributed by atoms with Gasteiger partial charge in [0, 0.05) is 60.6 Å². The maximum Gasteiger partial charge on any atom is 0.269 e. The molecule has 1 amide bonds. The summed E-state index contributed by atoms with van der Waals surface area (Å²) in [5.41, 5.74) is 2.29. The van der Waals surface area contributed by atoms with Crippen molar-refractivity contribution < 1.29 is 4.79 Å². The Morgan fingerprint density at radius 1 is 0.795 bits per heavy atom. The first-order valence-electron chi connectivity index (χ1n) is 11.8. The van der Waals surface area contributed by atoms with Crippen molar-refractivity contribution in [2.45, 2.75) is 41.5 Å². The van der Waals surface area contributed by atoms with E-state index in [4.69, 9.17) is 0 Å². The number of aryl methyl sites for hydroxylation is 4. The molecule has 0 saturated carbocycles. The summed E-state index contributed by atoms with van der Waals surface area (Å²) in [5.74, 6) is 0.213. The zero-order chi connectivity index (χ0) is 29.8. The van der Waals surface area contributed by atoms with E-state index in [0.717, 1.165) is 5.56 Å². The minimum atomic E-state index is -0.118. The first kappa shape index (κ1) is 34.1. The van der Waals surface area contributed by atoms with Crippen molar-refractivity contribution in [3.8, 4) is 0 Å². The third-order valence-corrected chi connectivity index (χ3v) is 4.49. The molecule has 13 nitrogen and oxygen atoms in total. The third-order valence-electron chi connectivity index (χ3n) is 4.49. The third kappa shape index (κ3) is 15.7. The molecular weight excluding hydrogens is 504 g/mol. The normalized spacial score (nSPS) is 9.13. The van der Waals surface area contributed by atoms with Gasteiger partial charge in [-0.05, 0) is 39.8 Å². The average Bonchev–Trinajstić information content (AvgIpc) is 2.92. The number of nitrogens with zero attached hydrogens (tertiary/aromatic N) is 3. The second kappa shape index (κ2) is 19.2. The quantitative estimate of drug-likeness (QED) is 0.238. The van der Waals surface area contributed by atoms with E-state index < -0.39 is 0 Å². The van der Waals surface area contributed by atoms with Gasteiger partial charge in [0.1, 0.15) is 5.69 Å². The molecule has 0 spiro atoms. The van der Waals surface area contributed by atoms with Crippen molar-refractivity contribution in [1.82, 2.24) is 40.4 Å². The highest BCUT2D eigenvalue weighted by Gasteiger charge is 2.00. The fourth-order valence-electron chi connectivity index (χ4n) is 2.05. The molecule has 4 aromatic rings. The number of aromatic amines is 4. The number of rotatable bonds is 1. The Labute approximate surface area is 225 Å². The van der Waals surface area contributed by atoms with Crippen molar-refractivity contribution in [2.75, 3.05) is 7.05 Å². The van der Waals surface area contributed by atoms with Gasteiger partial charge in [-0.2, -0.15) is 5.10 Å². The number of amides is 1. The molecule has 0 unspecified atom stereocenters. The molecule has 0 bridgehead atoms. The summed E-state index contributed by atoms with van der Waals surface area (Å²) >= 11 is 0. The smallest absolute Gasteiger partial charge is 0.269 e. The monoisotopic (exact) mass is 540 g/mol. The topological polar surface area (TPSA) is 199 Å². The zero-order valence-electron chi connectivity index (χ0n) is 23.2. The fraction of sp³-hybridized carbons (Fsp3) is 0.308. The van der Waals surface area contributed by atoms with Crippen molar-refractivity contribution >= 4 is 5.91 Å². The zero-order valence-corrected chi connectivity index (χ0v) is 23.2. The van der Waals surface area contributed by atoms with Crippen molar-refractivity contribution in [1.29, 1.82) is 0 Å². The highest BCUT2D eigenvalue weighted by Crippen LogP contribution is 1.87. The van der Waals surface area contributed by atoms with Crippen LogP contribution in [0.5, 0.6) is 0 Å². The Morgan fingerprint density at radius 2 is 1.41 bits per heavy atom. The first-order chi connectivity index (χ1) is 18.4. The molecule has 210 valence electrons. The van der Waals surface area contributed by atoms with Crippen LogP contribution in [0.4, 0.5) is 0 Å². The predicted molar refractivity (Wildman–Crippen MR) is 149 cm³/mol. The summed E-state index contributed by atoms with van der Waals surface area (Å²) < 4.78 is 0. The number of pyridine rings is 1. The van der Waals surface area contributed by atoms with E-state index in [2.05, 4.69) is 40.4 Å². The van der Waals surface area contributed by atoms with Gasteiger partial charge in [-0.3, -0.25) is 29.0 Å². The van der Waals surface area contributed by atoms with Crippen LogP contribution in [0.3, 0.4) is 0 Å². The van der Waals surface area contributed by atoms with Gasteiger partial charge in [-0.25, -0.2) is 10.1 Å². The molecule has 39 heavy (non-hydrogen) atoms. The Morgan fingerprint density at radius 3 is 1.72 bits per heavy atom. The van der Waals surface area contributed by atoms with Crippen molar-refractivity contribution in [3.63, 3.8) is 0 Å². The lowest BCUT2D eigenvalue weighted by Crippen LogP contribution is -2.22. The van der Waals surface area contributed by atoms with Gasteiger partial charge in [-0.15, -0.1) is 0 Å². The van der Waals surface area contributed by atoms with Crippen LogP contribution in [-0.4, -0.2) is 48.1 Å². The van der Waals surface area contributed by atoms with Crippen LogP contribution in [-0.2, 0) is 4.79 Å². The van der Waals surface area contributed by atoms with E-state index in [1.54, 1.807) is 71.5 Å². The van der Waals surface area contributed by atoms with Crippen molar-refractivity contribution in [3.05, 3.63) is 119 Å². The van der Waals surface area contributed by atoms with Gasteiger partial charge in [0.2, 0.25) is 5.91 Å². The van der Waals surface area contributed by atoms with Crippen LogP contribution in [0.25, 0.3) is 0 Å². The molecule has 4 aromatic heterocycles. The number of nitrogens with one attached hydrogen (secondary N) is 5. The van der Waals surface area contributed by atoms with Crippen LogP contribution in [0, 0.1) is 33.6 Å². The molecule has 5 N–H and O–H groups in total. The lowest BCUT2D eigenvalue weighted by atomic mass is 10.2. The molecule has 0 atom stereocenters. The predicted octanol–water partition coefficient (Wildman–Crippen LogP) is 1.31. The summed E-state index contributed by atoms with van der Waals surface area (Å²) in [4.78, 5) is 67.4. The molecule has 0 aliphatic rings. The average molecular weight is 541 g/mol. The number of H-pyrrole nitrogens is 4. The molecule has 4 heterocycles. The number of carbonyl (C=O) groups excluding carboxylic acids is 1. The summed E-state index contributed by atoms with van der Waals surface area (Å²) in [6.07, 6.45) is 9.13. The van der Waals surface area contributed by atoms with Gasteiger partial charge >= 0.3 is 0 Å². The molecule has 0 aliphatic carbocycles. The minimum Gasteiger partial charge on any atom is -0.359 e. The Balaban J connectivity index is 0.000000464. The van der Waals surface area contributed by atoms with Crippen LogP contribution >= 0.6 is 0 Å². The highest BCUT2D eigenvalue weighted by molar-refractivity contribution is 5.77. The lowest BCUT2D eigenvalue weighted by Gasteiger charge is -1.98. The van der Waals surface area contributed by atoms with Crippen LogP contribution in [0.1, 0.15) is 36.2 Å². The van der Waals surface area contributed by atoms with Gasteiger partial charge < -0.3 is 20.3 Å². The maximum atomic E-state index is 10.6. The standard InChI is InChI=1S/C6H7NO.3C5H6N2O.C5H11NO/c1-5-3-2-4-7-6(5)8;1-4-2-6-3-7-5(4)8;1-4-5(8)7-3-2-6-4;1-4-2-3-6-7-5(4)8;1-4(2)5(7)6-3/h2-4H,1H3,(H,7,8);2-3H,1H3,(H,6,7,8);2*2-3H,1H3,(H,7,8);4H,1-3H3,(H,6,7). The summed E-state index contributed by atoms with van der Waals surface area (Å²) in [7, 11) is 1.64. The first-order valence-corrected chi connectivity index (χ1v) is 11.8. The molecule has 4 rings (SSSR count). The van der Waals surface area contributed by atoms with Crippen LogP contribution < -0.4 is 27.6 Å². The van der Waals surface area contributed by atoms with E-state index in [0.29, 0.717) is 16.8 Å². The molecule has 0 fully saturated rings. The lowest BCUT2D eigenvalue weighted by molar-refractivity contribution is -0.123. The van der Waals surface area contributed by atoms with E-state index >= 15 is 0 Å². The van der Waals surface area contributed by atoms with Crippen LogP contribution in [0.2, 0.25) is 0 Å². The number of carbonyl (C=O) groups is 1. The fourth-order valence-corrected chi connectivity index (χ4v) is 2.05.